The molecule has 140 valence electrons. The molecule has 2 aromatic carbocycles. The van der Waals surface area contributed by atoms with Crippen LogP contribution >= 0.6 is 12.4 Å². The van der Waals surface area contributed by atoms with Gasteiger partial charge in [0.05, 0.1) is 0 Å². The van der Waals surface area contributed by atoms with Gasteiger partial charge in [0.15, 0.2) is 0 Å². The maximum Gasteiger partial charge on any atom is 0.225 e. The lowest BCUT2D eigenvalue weighted by Gasteiger charge is -2.21. The number of hydrogen-bond donors (Lipinski definition) is 1. The van der Waals surface area contributed by atoms with Crippen molar-refractivity contribution in [3.05, 3.63) is 71.5 Å². The second-order valence-corrected chi connectivity index (χ2v) is 6.95. The number of amides is 1. The Labute approximate surface area is 160 Å². The van der Waals surface area contributed by atoms with Crippen molar-refractivity contribution in [3.63, 3.8) is 0 Å². The van der Waals surface area contributed by atoms with Crippen molar-refractivity contribution in [2.24, 2.45) is 17.6 Å². The van der Waals surface area contributed by atoms with Gasteiger partial charge in [-0.25, -0.2) is 4.39 Å². The summed E-state index contributed by atoms with van der Waals surface area (Å²) < 4.78 is 13.8. The molecule has 0 saturated carbocycles. The zero-order valence-electron chi connectivity index (χ0n) is 15.0. The lowest BCUT2D eigenvalue weighted by Crippen LogP contribution is -2.35. The standard InChI is InChI=1S/C21H25FN2O.ClH/c1-15(11-17-9-5-6-10-20(17)22)21(25)24-13-18(12-23)19(14-24)16-7-3-2-4-8-16;/h2-10,15,18-19H,11-14,23H2,1H3;1H/t15?,18-,19+;/m1./s1. The van der Waals surface area contributed by atoms with E-state index in [0.29, 0.717) is 31.6 Å². The molecule has 2 aromatic rings. The highest BCUT2D eigenvalue weighted by molar-refractivity contribution is 5.85. The van der Waals surface area contributed by atoms with Crippen molar-refractivity contribution in [1.82, 2.24) is 4.90 Å². The van der Waals surface area contributed by atoms with E-state index in [9.17, 15) is 9.18 Å². The summed E-state index contributed by atoms with van der Waals surface area (Å²) in [5.74, 6) is 0.137. The van der Waals surface area contributed by atoms with E-state index in [-0.39, 0.29) is 41.9 Å². The molecule has 3 nitrogen and oxygen atoms in total. The molecule has 0 spiro atoms. The largest absolute Gasteiger partial charge is 0.341 e. The molecule has 3 rings (SSSR count). The van der Waals surface area contributed by atoms with E-state index >= 15 is 0 Å². The Hall–Kier alpha value is -1.91. The Balaban J connectivity index is 0.00000243. The first-order chi connectivity index (χ1) is 12.1. The Morgan fingerprint density at radius 3 is 2.46 bits per heavy atom. The minimum atomic E-state index is -0.246. The van der Waals surface area contributed by atoms with Crippen LogP contribution in [0.2, 0.25) is 0 Å². The SMILES string of the molecule is CC(Cc1ccccc1F)C(=O)N1C[C@@H](CN)[C@H](c2ccccc2)C1.Cl. The number of carbonyl (C=O) groups is 1. The summed E-state index contributed by atoms with van der Waals surface area (Å²) in [7, 11) is 0. The van der Waals surface area contributed by atoms with Crippen molar-refractivity contribution in [2.45, 2.75) is 19.3 Å². The number of benzene rings is 2. The van der Waals surface area contributed by atoms with Crippen molar-refractivity contribution in [3.8, 4) is 0 Å². The predicted octanol–water partition coefficient (Wildman–Crippen LogP) is 3.63. The van der Waals surface area contributed by atoms with E-state index in [0.717, 1.165) is 0 Å². The number of carbonyl (C=O) groups excluding carboxylic acids is 1. The van der Waals surface area contributed by atoms with Crippen LogP contribution in [0, 0.1) is 17.7 Å². The predicted molar refractivity (Wildman–Crippen MR) is 105 cm³/mol. The van der Waals surface area contributed by atoms with Gasteiger partial charge in [-0.2, -0.15) is 0 Å². The fourth-order valence-corrected chi connectivity index (χ4v) is 3.76. The van der Waals surface area contributed by atoms with Crippen LogP contribution in [0.5, 0.6) is 0 Å². The topological polar surface area (TPSA) is 46.3 Å². The average molecular weight is 377 g/mol. The summed E-state index contributed by atoms with van der Waals surface area (Å²) >= 11 is 0. The van der Waals surface area contributed by atoms with Gasteiger partial charge in [-0.1, -0.05) is 55.5 Å². The van der Waals surface area contributed by atoms with E-state index in [1.54, 1.807) is 18.2 Å². The molecular formula is C21H26ClFN2O. The fourth-order valence-electron chi connectivity index (χ4n) is 3.76. The summed E-state index contributed by atoms with van der Waals surface area (Å²) in [6.07, 6.45) is 0.422. The van der Waals surface area contributed by atoms with E-state index in [4.69, 9.17) is 5.73 Å². The molecule has 26 heavy (non-hydrogen) atoms. The second kappa shape index (κ2) is 9.15. The molecule has 0 aliphatic carbocycles. The molecule has 5 heteroatoms. The van der Waals surface area contributed by atoms with Crippen LogP contribution in [0.3, 0.4) is 0 Å². The molecule has 3 atom stereocenters. The number of rotatable bonds is 5. The molecule has 0 radical (unpaired) electrons. The van der Waals surface area contributed by atoms with E-state index < -0.39 is 0 Å². The molecule has 1 aliphatic heterocycles. The van der Waals surface area contributed by atoms with Crippen LogP contribution in [0.25, 0.3) is 0 Å². The number of likely N-dealkylation sites (tertiary alicyclic amines) is 1. The summed E-state index contributed by atoms with van der Waals surface area (Å²) in [6, 6.07) is 16.9. The molecule has 1 amide bonds. The van der Waals surface area contributed by atoms with E-state index in [1.165, 1.54) is 11.6 Å². The van der Waals surface area contributed by atoms with Crippen LogP contribution < -0.4 is 5.73 Å². The number of nitrogens with two attached hydrogens (primary N) is 1. The van der Waals surface area contributed by atoms with E-state index in [2.05, 4.69) is 12.1 Å². The lowest BCUT2D eigenvalue weighted by atomic mass is 9.89. The number of hydrogen-bond acceptors (Lipinski definition) is 2. The highest BCUT2D eigenvalue weighted by Crippen LogP contribution is 2.33. The van der Waals surface area contributed by atoms with Crippen molar-refractivity contribution >= 4 is 18.3 Å². The van der Waals surface area contributed by atoms with Crippen LogP contribution in [0.4, 0.5) is 4.39 Å². The highest BCUT2D eigenvalue weighted by atomic mass is 35.5. The summed E-state index contributed by atoms with van der Waals surface area (Å²) in [6.45, 7) is 3.80. The molecule has 1 heterocycles. The number of nitrogens with zero attached hydrogens (tertiary/aromatic N) is 1. The van der Waals surface area contributed by atoms with Gasteiger partial charge in [-0.15, -0.1) is 12.4 Å². The fraction of sp³-hybridized carbons (Fsp3) is 0.381. The summed E-state index contributed by atoms with van der Waals surface area (Å²) in [5, 5.41) is 0. The van der Waals surface area contributed by atoms with Gasteiger partial charge < -0.3 is 10.6 Å². The van der Waals surface area contributed by atoms with E-state index in [1.807, 2.05) is 30.0 Å². The first-order valence-corrected chi connectivity index (χ1v) is 8.87. The second-order valence-electron chi connectivity index (χ2n) is 6.95. The zero-order valence-corrected chi connectivity index (χ0v) is 15.8. The monoisotopic (exact) mass is 376 g/mol. The van der Waals surface area contributed by atoms with Crippen molar-refractivity contribution in [1.29, 1.82) is 0 Å². The minimum absolute atomic E-state index is 0. The van der Waals surface area contributed by atoms with Crippen LogP contribution in [0.15, 0.2) is 54.6 Å². The zero-order chi connectivity index (χ0) is 17.8. The molecule has 1 unspecified atom stereocenters. The average Bonchev–Trinajstić information content (AvgIpc) is 3.08. The Morgan fingerprint density at radius 2 is 1.81 bits per heavy atom. The van der Waals surface area contributed by atoms with Gasteiger partial charge in [0.2, 0.25) is 5.91 Å². The molecule has 1 aliphatic rings. The van der Waals surface area contributed by atoms with Gasteiger partial charge in [0.1, 0.15) is 5.82 Å². The summed E-state index contributed by atoms with van der Waals surface area (Å²) in [4.78, 5) is 14.8. The molecular weight excluding hydrogens is 351 g/mol. The molecule has 0 aromatic heterocycles. The molecule has 2 N–H and O–H groups in total. The van der Waals surface area contributed by atoms with Crippen molar-refractivity contribution < 1.29 is 9.18 Å². The number of halogens is 2. The molecule has 1 fully saturated rings. The Bertz CT molecular complexity index is 725. The van der Waals surface area contributed by atoms with Gasteiger partial charge >= 0.3 is 0 Å². The first-order valence-electron chi connectivity index (χ1n) is 8.87. The van der Waals surface area contributed by atoms with Crippen LogP contribution in [-0.4, -0.2) is 30.4 Å². The third kappa shape index (κ3) is 4.43. The lowest BCUT2D eigenvalue weighted by molar-refractivity contribution is -0.134. The Kier molecular flexibility index (Phi) is 7.18. The van der Waals surface area contributed by atoms with Gasteiger partial charge in [-0.05, 0) is 36.1 Å². The third-order valence-corrected chi connectivity index (χ3v) is 5.19. The molecule has 0 bridgehead atoms. The van der Waals surface area contributed by atoms with Crippen LogP contribution in [0.1, 0.15) is 24.0 Å². The first kappa shape index (κ1) is 20.4. The highest BCUT2D eigenvalue weighted by Gasteiger charge is 2.36. The van der Waals surface area contributed by atoms with Gasteiger partial charge in [0, 0.05) is 24.9 Å². The quantitative estimate of drug-likeness (QED) is 0.866. The van der Waals surface area contributed by atoms with Gasteiger partial charge in [-0.3, -0.25) is 4.79 Å². The summed E-state index contributed by atoms with van der Waals surface area (Å²) in [5.41, 5.74) is 7.78. The minimum Gasteiger partial charge on any atom is -0.341 e. The Morgan fingerprint density at radius 1 is 1.15 bits per heavy atom. The smallest absolute Gasteiger partial charge is 0.225 e. The molecule has 1 saturated heterocycles. The third-order valence-electron chi connectivity index (χ3n) is 5.19. The van der Waals surface area contributed by atoms with Gasteiger partial charge in [0.25, 0.3) is 0 Å². The maximum absolute atomic E-state index is 13.8. The maximum atomic E-state index is 13.8. The van der Waals surface area contributed by atoms with Crippen LogP contribution in [-0.2, 0) is 11.2 Å². The normalized spacial score (nSPS) is 20.5. The van der Waals surface area contributed by atoms with Crippen molar-refractivity contribution in [2.75, 3.05) is 19.6 Å².